The van der Waals surface area contributed by atoms with Gasteiger partial charge in [-0.1, -0.05) is 0 Å². The summed E-state index contributed by atoms with van der Waals surface area (Å²) in [6, 6.07) is 1.23. The van der Waals surface area contributed by atoms with Crippen molar-refractivity contribution in [1.82, 2.24) is 4.57 Å². The molecule has 0 atom stereocenters. The van der Waals surface area contributed by atoms with Gasteiger partial charge in [-0.25, -0.2) is 4.79 Å². The van der Waals surface area contributed by atoms with Crippen molar-refractivity contribution in [3.8, 4) is 0 Å². The minimum absolute atomic E-state index is 0.205. The zero-order valence-electron chi connectivity index (χ0n) is 10.5. The van der Waals surface area contributed by atoms with Gasteiger partial charge >= 0.3 is 12.6 Å². The Bertz CT molecular complexity index is 538. The predicted octanol–water partition coefficient (Wildman–Crippen LogP) is 3.35. The fraction of sp³-hybridized carbons (Fsp3) is 0.455. The second-order valence-corrected chi connectivity index (χ2v) is 5.60. The van der Waals surface area contributed by atoms with Crippen LogP contribution in [0.5, 0.6) is 0 Å². The lowest BCUT2D eigenvalue weighted by molar-refractivity contribution is 0.0620. The molecule has 8 heteroatoms. The van der Waals surface area contributed by atoms with Crippen molar-refractivity contribution >= 4 is 27.7 Å². The van der Waals surface area contributed by atoms with E-state index in [9.17, 15) is 18.4 Å². The quantitative estimate of drug-likeness (QED) is 0.899. The van der Waals surface area contributed by atoms with Crippen LogP contribution in [-0.4, -0.2) is 16.3 Å². The normalized spacial score (nSPS) is 11.5. The third-order valence-corrected chi connectivity index (χ3v) is 2.29. The third-order valence-electron chi connectivity index (χ3n) is 1.86. The summed E-state index contributed by atoms with van der Waals surface area (Å²) in [6.45, 7) is 1.94. The molecule has 19 heavy (non-hydrogen) atoms. The summed E-state index contributed by atoms with van der Waals surface area (Å²) in [7, 11) is 0. The summed E-state index contributed by atoms with van der Waals surface area (Å²) in [5.74, 6) is 0. The van der Waals surface area contributed by atoms with Crippen molar-refractivity contribution in [3.63, 3.8) is 0 Å². The van der Waals surface area contributed by atoms with Crippen molar-refractivity contribution < 1.29 is 18.3 Å². The summed E-state index contributed by atoms with van der Waals surface area (Å²) in [4.78, 5) is 23.1. The Hall–Kier alpha value is -1.44. The molecule has 1 amide bonds. The topological polar surface area (TPSA) is 60.3 Å². The van der Waals surface area contributed by atoms with Crippen LogP contribution in [0.2, 0.25) is 0 Å². The summed E-state index contributed by atoms with van der Waals surface area (Å²) < 4.78 is 30.6. The molecule has 0 radical (unpaired) electrons. The zero-order chi connectivity index (χ0) is 14.8. The molecular weight excluding hydrogens is 326 g/mol. The van der Waals surface area contributed by atoms with E-state index in [0.29, 0.717) is 0 Å². The molecule has 0 saturated heterocycles. The van der Waals surface area contributed by atoms with Crippen molar-refractivity contribution in [2.45, 2.75) is 32.9 Å². The SMILES string of the molecule is CC(C)(C)OC(=O)Nc1cc(Br)cn(C(F)F)c1=O. The lowest BCUT2D eigenvalue weighted by Gasteiger charge is -2.19. The summed E-state index contributed by atoms with van der Waals surface area (Å²) >= 11 is 2.98. The molecule has 0 unspecified atom stereocenters. The molecule has 1 N–H and O–H groups in total. The van der Waals surface area contributed by atoms with Crippen molar-refractivity contribution in [2.75, 3.05) is 5.32 Å². The number of alkyl halides is 2. The second-order valence-electron chi connectivity index (χ2n) is 4.69. The highest BCUT2D eigenvalue weighted by Gasteiger charge is 2.19. The summed E-state index contributed by atoms with van der Waals surface area (Å²) in [5, 5.41) is 2.15. The third kappa shape index (κ3) is 4.62. The fourth-order valence-corrected chi connectivity index (χ4v) is 1.67. The van der Waals surface area contributed by atoms with E-state index in [0.717, 1.165) is 6.20 Å². The maximum absolute atomic E-state index is 12.6. The number of anilines is 1. The molecule has 1 aromatic heterocycles. The van der Waals surface area contributed by atoms with Crippen LogP contribution in [0.4, 0.5) is 19.3 Å². The van der Waals surface area contributed by atoms with Crippen LogP contribution in [-0.2, 0) is 4.74 Å². The van der Waals surface area contributed by atoms with Crippen LogP contribution in [0.25, 0.3) is 0 Å². The molecule has 5 nitrogen and oxygen atoms in total. The van der Waals surface area contributed by atoms with E-state index in [1.165, 1.54) is 6.07 Å². The number of hydrogen-bond acceptors (Lipinski definition) is 3. The molecule has 0 aliphatic heterocycles. The first-order valence-electron chi connectivity index (χ1n) is 5.30. The van der Waals surface area contributed by atoms with E-state index in [1.54, 1.807) is 20.8 Å². The van der Waals surface area contributed by atoms with Gasteiger partial charge in [0.1, 0.15) is 11.3 Å². The lowest BCUT2D eigenvalue weighted by Crippen LogP contribution is -2.31. The first kappa shape index (κ1) is 15.6. The number of carbonyl (C=O) groups is 1. The second kappa shape index (κ2) is 5.68. The van der Waals surface area contributed by atoms with Gasteiger partial charge in [0.2, 0.25) is 0 Å². The van der Waals surface area contributed by atoms with E-state index in [1.807, 2.05) is 0 Å². The van der Waals surface area contributed by atoms with Gasteiger partial charge < -0.3 is 4.74 Å². The molecule has 1 aromatic rings. The summed E-state index contributed by atoms with van der Waals surface area (Å²) in [5.41, 5.74) is -2.05. The van der Waals surface area contributed by atoms with Gasteiger partial charge in [0.15, 0.2) is 0 Å². The van der Waals surface area contributed by atoms with E-state index in [-0.39, 0.29) is 14.7 Å². The number of carbonyl (C=O) groups excluding carboxylic acids is 1. The largest absolute Gasteiger partial charge is 0.444 e. The van der Waals surface area contributed by atoms with E-state index in [2.05, 4.69) is 21.2 Å². The van der Waals surface area contributed by atoms with Crippen LogP contribution in [0.15, 0.2) is 21.5 Å². The van der Waals surface area contributed by atoms with Crippen LogP contribution in [0.3, 0.4) is 0 Å². The molecule has 0 bridgehead atoms. The Labute approximate surface area is 116 Å². The van der Waals surface area contributed by atoms with Crippen LogP contribution < -0.4 is 10.9 Å². The zero-order valence-corrected chi connectivity index (χ0v) is 12.1. The van der Waals surface area contributed by atoms with Crippen molar-refractivity contribution in [1.29, 1.82) is 0 Å². The lowest BCUT2D eigenvalue weighted by atomic mass is 10.2. The van der Waals surface area contributed by atoms with Crippen LogP contribution >= 0.6 is 15.9 Å². The van der Waals surface area contributed by atoms with Gasteiger partial charge in [0.25, 0.3) is 5.56 Å². The van der Waals surface area contributed by atoms with E-state index in [4.69, 9.17) is 4.74 Å². The monoisotopic (exact) mass is 338 g/mol. The molecule has 106 valence electrons. The van der Waals surface area contributed by atoms with Gasteiger partial charge in [-0.15, -0.1) is 0 Å². The highest BCUT2D eigenvalue weighted by Crippen LogP contribution is 2.17. The molecule has 0 aliphatic rings. The van der Waals surface area contributed by atoms with Gasteiger partial charge in [-0.05, 0) is 42.8 Å². The maximum Gasteiger partial charge on any atom is 0.412 e. The predicted molar refractivity (Wildman–Crippen MR) is 69.5 cm³/mol. The first-order chi connectivity index (χ1) is 8.60. The molecule has 1 heterocycles. The van der Waals surface area contributed by atoms with Gasteiger partial charge in [0.05, 0.1) is 0 Å². The highest BCUT2D eigenvalue weighted by atomic mass is 79.9. The Morgan fingerprint density at radius 2 is 2.05 bits per heavy atom. The Morgan fingerprint density at radius 3 is 2.53 bits per heavy atom. The fourth-order valence-electron chi connectivity index (χ4n) is 1.22. The van der Waals surface area contributed by atoms with Gasteiger partial charge in [-0.3, -0.25) is 14.7 Å². The minimum Gasteiger partial charge on any atom is -0.444 e. The van der Waals surface area contributed by atoms with E-state index >= 15 is 0 Å². The number of halogens is 3. The molecule has 0 spiro atoms. The van der Waals surface area contributed by atoms with Gasteiger partial charge in [-0.2, -0.15) is 8.78 Å². The summed E-state index contributed by atoms with van der Waals surface area (Å²) in [6.07, 6.45) is 0.0521. The molecule has 1 rings (SSSR count). The van der Waals surface area contributed by atoms with Crippen LogP contribution in [0.1, 0.15) is 27.3 Å². The number of nitrogens with zero attached hydrogens (tertiary/aromatic N) is 1. The number of nitrogens with one attached hydrogen (secondary N) is 1. The molecule has 0 fully saturated rings. The Morgan fingerprint density at radius 1 is 1.47 bits per heavy atom. The average Bonchev–Trinajstić information content (AvgIpc) is 2.19. The van der Waals surface area contributed by atoms with Crippen molar-refractivity contribution in [2.24, 2.45) is 0 Å². The average molecular weight is 339 g/mol. The number of amides is 1. The Kier molecular flexibility index (Phi) is 4.67. The van der Waals surface area contributed by atoms with Crippen LogP contribution in [0, 0.1) is 0 Å². The number of aromatic nitrogens is 1. The van der Waals surface area contributed by atoms with Crippen molar-refractivity contribution in [3.05, 3.63) is 27.1 Å². The smallest absolute Gasteiger partial charge is 0.412 e. The Balaban J connectivity index is 3.02. The number of pyridine rings is 1. The number of hydrogen-bond donors (Lipinski definition) is 1. The molecular formula is C11H13BrF2N2O3. The number of rotatable bonds is 2. The van der Waals surface area contributed by atoms with Gasteiger partial charge in [0, 0.05) is 10.7 Å². The maximum atomic E-state index is 12.6. The minimum atomic E-state index is -3.00. The first-order valence-corrected chi connectivity index (χ1v) is 6.09. The molecule has 0 saturated carbocycles. The highest BCUT2D eigenvalue weighted by molar-refractivity contribution is 9.10. The number of ether oxygens (including phenoxy) is 1. The molecule has 0 aliphatic carbocycles. The van der Waals surface area contributed by atoms with E-state index < -0.39 is 23.8 Å². The molecule has 0 aromatic carbocycles. The standard InChI is InChI=1S/C11H13BrF2N2O3/c1-11(2,3)19-10(18)15-7-4-6(12)5-16(8(7)17)9(13)14/h4-5,9H,1-3H3,(H,15,18).